The summed E-state index contributed by atoms with van der Waals surface area (Å²) in [6.07, 6.45) is 1.22. The molecule has 0 saturated heterocycles. The molecule has 0 unspecified atom stereocenters. The summed E-state index contributed by atoms with van der Waals surface area (Å²) >= 11 is 0. The molecule has 1 aromatic carbocycles. The molecule has 96 valence electrons. The SMILES string of the molecule is CCOc1ccc([N+](=O)[O-])cc1C=NNC(N)=O. The van der Waals surface area contributed by atoms with Crippen molar-refractivity contribution in [2.45, 2.75) is 6.92 Å². The zero-order valence-electron chi connectivity index (χ0n) is 9.62. The van der Waals surface area contributed by atoms with Crippen LogP contribution in [0.5, 0.6) is 5.75 Å². The summed E-state index contributed by atoms with van der Waals surface area (Å²) in [5, 5.41) is 14.2. The molecule has 0 spiro atoms. The smallest absolute Gasteiger partial charge is 0.332 e. The van der Waals surface area contributed by atoms with Gasteiger partial charge in [-0.25, -0.2) is 10.2 Å². The highest BCUT2D eigenvalue weighted by atomic mass is 16.6. The predicted octanol–water partition coefficient (Wildman–Crippen LogP) is 0.996. The Morgan fingerprint density at radius 1 is 1.67 bits per heavy atom. The number of hydrogen-bond donors (Lipinski definition) is 2. The average molecular weight is 252 g/mol. The molecule has 1 aromatic rings. The number of hydrazone groups is 1. The van der Waals surface area contributed by atoms with E-state index < -0.39 is 11.0 Å². The Labute approximate surface area is 103 Å². The summed E-state index contributed by atoms with van der Waals surface area (Å²) in [7, 11) is 0. The second-order valence-corrected chi connectivity index (χ2v) is 3.15. The summed E-state index contributed by atoms with van der Waals surface area (Å²) in [5.41, 5.74) is 7.10. The predicted molar refractivity (Wildman–Crippen MR) is 64.6 cm³/mol. The highest BCUT2D eigenvalue weighted by molar-refractivity contribution is 5.85. The molecule has 0 aliphatic heterocycles. The lowest BCUT2D eigenvalue weighted by atomic mass is 10.2. The quantitative estimate of drug-likeness (QED) is 0.461. The zero-order valence-corrected chi connectivity index (χ0v) is 9.62. The van der Waals surface area contributed by atoms with E-state index in [1.165, 1.54) is 24.4 Å². The van der Waals surface area contributed by atoms with Crippen LogP contribution in [0.2, 0.25) is 0 Å². The van der Waals surface area contributed by atoms with Crippen molar-refractivity contribution in [2.24, 2.45) is 10.8 Å². The Bertz CT molecular complexity index is 487. The van der Waals surface area contributed by atoms with Crippen LogP contribution >= 0.6 is 0 Å². The first-order valence-electron chi connectivity index (χ1n) is 5.04. The van der Waals surface area contributed by atoms with Crippen LogP contribution < -0.4 is 15.9 Å². The number of nitrogens with two attached hydrogens (primary N) is 1. The largest absolute Gasteiger partial charge is 0.493 e. The van der Waals surface area contributed by atoms with Crippen molar-refractivity contribution in [2.75, 3.05) is 6.61 Å². The fourth-order valence-electron chi connectivity index (χ4n) is 1.20. The van der Waals surface area contributed by atoms with Gasteiger partial charge in [-0.1, -0.05) is 0 Å². The Morgan fingerprint density at radius 2 is 2.39 bits per heavy atom. The van der Waals surface area contributed by atoms with E-state index in [0.29, 0.717) is 17.9 Å². The Hall–Kier alpha value is -2.64. The van der Waals surface area contributed by atoms with Crippen LogP contribution in [0, 0.1) is 10.1 Å². The number of benzene rings is 1. The summed E-state index contributed by atoms with van der Waals surface area (Å²) in [4.78, 5) is 20.5. The van der Waals surface area contributed by atoms with Gasteiger partial charge >= 0.3 is 6.03 Å². The Morgan fingerprint density at radius 3 is 2.94 bits per heavy atom. The van der Waals surface area contributed by atoms with Gasteiger partial charge in [0.25, 0.3) is 5.69 Å². The monoisotopic (exact) mass is 252 g/mol. The Balaban J connectivity index is 3.02. The van der Waals surface area contributed by atoms with Gasteiger partial charge in [0.15, 0.2) is 0 Å². The summed E-state index contributed by atoms with van der Waals surface area (Å²) in [6, 6.07) is 3.25. The van der Waals surface area contributed by atoms with Gasteiger partial charge < -0.3 is 10.5 Å². The second kappa shape index (κ2) is 6.18. The number of carbonyl (C=O) groups excluding carboxylic acids is 1. The van der Waals surface area contributed by atoms with Crippen LogP contribution in [-0.2, 0) is 0 Å². The Kier molecular flexibility index (Phi) is 4.61. The third-order valence-corrected chi connectivity index (χ3v) is 1.88. The highest BCUT2D eigenvalue weighted by Gasteiger charge is 2.10. The van der Waals surface area contributed by atoms with Gasteiger partial charge in [-0.3, -0.25) is 10.1 Å². The van der Waals surface area contributed by atoms with E-state index >= 15 is 0 Å². The van der Waals surface area contributed by atoms with Gasteiger partial charge in [0.1, 0.15) is 5.75 Å². The maximum atomic E-state index is 10.6. The second-order valence-electron chi connectivity index (χ2n) is 3.15. The molecule has 0 fully saturated rings. The number of hydrogen-bond acceptors (Lipinski definition) is 5. The highest BCUT2D eigenvalue weighted by Crippen LogP contribution is 2.22. The first kappa shape index (κ1) is 13.4. The maximum absolute atomic E-state index is 10.6. The fraction of sp³-hybridized carbons (Fsp3) is 0.200. The average Bonchev–Trinajstić information content (AvgIpc) is 2.30. The van der Waals surface area contributed by atoms with Crippen molar-refractivity contribution in [3.8, 4) is 5.75 Å². The van der Waals surface area contributed by atoms with E-state index in [1.807, 2.05) is 5.43 Å². The molecule has 18 heavy (non-hydrogen) atoms. The van der Waals surface area contributed by atoms with Gasteiger partial charge in [0.2, 0.25) is 0 Å². The first-order valence-corrected chi connectivity index (χ1v) is 5.04. The number of rotatable bonds is 5. The number of urea groups is 1. The molecule has 0 aliphatic rings. The number of nitro groups is 1. The van der Waals surface area contributed by atoms with Crippen molar-refractivity contribution in [1.29, 1.82) is 0 Å². The topological polar surface area (TPSA) is 120 Å². The minimum Gasteiger partial charge on any atom is -0.493 e. The summed E-state index contributed by atoms with van der Waals surface area (Å²) < 4.78 is 5.27. The van der Waals surface area contributed by atoms with Gasteiger partial charge in [0, 0.05) is 17.7 Å². The number of nitrogens with zero attached hydrogens (tertiary/aromatic N) is 2. The zero-order chi connectivity index (χ0) is 13.5. The molecule has 8 nitrogen and oxygen atoms in total. The molecule has 8 heteroatoms. The van der Waals surface area contributed by atoms with Crippen LogP contribution in [0.15, 0.2) is 23.3 Å². The van der Waals surface area contributed by atoms with Crippen LogP contribution in [0.25, 0.3) is 0 Å². The van der Waals surface area contributed by atoms with Crippen molar-refractivity contribution in [3.63, 3.8) is 0 Å². The van der Waals surface area contributed by atoms with E-state index in [2.05, 4.69) is 5.10 Å². The van der Waals surface area contributed by atoms with Gasteiger partial charge in [-0.2, -0.15) is 5.10 Å². The molecule has 0 bridgehead atoms. The number of primary amides is 1. The lowest BCUT2D eigenvalue weighted by Crippen LogP contribution is -2.24. The van der Waals surface area contributed by atoms with Crippen LogP contribution in [0.4, 0.5) is 10.5 Å². The fourth-order valence-corrected chi connectivity index (χ4v) is 1.20. The van der Waals surface area contributed by atoms with E-state index in [4.69, 9.17) is 10.5 Å². The molecule has 0 aliphatic carbocycles. The van der Waals surface area contributed by atoms with Crippen LogP contribution in [0.1, 0.15) is 12.5 Å². The molecule has 1 rings (SSSR count). The molecule has 0 aromatic heterocycles. The third-order valence-electron chi connectivity index (χ3n) is 1.88. The minimum absolute atomic E-state index is 0.0982. The number of ether oxygens (including phenoxy) is 1. The molecule has 0 atom stereocenters. The van der Waals surface area contributed by atoms with Gasteiger partial charge in [-0.05, 0) is 13.0 Å². The van der Waals surface area contributed by atoms with Crippen molar-refractivity contribution in [3.05, 3.63) is 33.9 Å². The standard InChI is InChI=1S/C10H12N4O4/c1-2-18-9-4-3-8(14(16)17)5-7(9)6-12-13-10(11)15/h3-6H,2H2,1H3,(H3,11,13,15). The molecule has 3 N–H and O–H groups in total. The summed E-state index contributed by atoms with van der Waals surface area (Å²) in [5.74, 6) is 0.429. The lowest BCUT2D eigenvalue weighted by molar-refractivity contribution is -0.384. The number of nitro benzene ring substituents is 1. The van der Waals surface area contributed by atoms with E-state index in [1.54, 1.807) is 6.92 Å². The number of non-ortho nitro benzene ring substituents is 1. The lowest BCUT2D eigenvalue weighted by Gasteiger charge is -2.06. The third kappa shape index (κ3) is 3.74. The van der Waals surface area contributed by atoms with E-state index in [9.17, 15) is 14.9 Å². The van der Waals surface area contributed by atoms with Crippen molar-refractivity contribution < 1.29 is 14.5 Å². The normalized spacial score (nSPS) is 10.3. The van der Waals surface area contributed by atoms with Crippen molar-refractivity contribution in [1.82, 2.24) is 5.43 Å². The molecule has 0 heterocycles. The van der Waals surface area contributed by atoms with E-state index in [0.717, 1.165) is 0 Å². The molecule has 0 radical (unpaired) electrons. The number of amides is 2. The molecule has 0 saturated carbocycles. The molecular weight excluding hydrogens is 240 g/mol. The molecular formula is C10H12N4O4. The van der Waals surface area contributed by atoms with Gasteiger partial charge in [0.05, 0.1) is 17.7 Å². The van der Waals surface area contributed by atoms with Crippen molar-refractivity contribution >= 4 is 17.9 Å². The van der Waals surface area contributed by atoms with E-state index in [-0.39, 0.29) is 5.69 Å². The van der Waals surface area contributed by atoms with Gasteiger partial charge in [-0.15, -0.1) is 0 Å². The number of nitrogens with one attached hydrogen (secondary N) is 1. The summed E-state index contributed by atoms with van der Waals surface area (Å²) in [6.45, 7) is 2.19. The first-order chi connectivity index (χ1) is 8.54. The maximum Gasteiger partial charge on any atom is 0.332 e. The van der Waals surface area contributed by atoms with Crippen LogP contribution in [0.3, 0.4) is 0 Å². The minimum atomic E-state index is -0.824. The van der Waals surface area contributed by atoms with Crippen LogP contribution in [-0.4, -0.2) is 23.8 Å². The molecule has 2 amide bonds. The number of carbonyl (C=O) groups is 1.